The Morgan fingerprint density at radius 1 is 0.921 bits per heavy atom. The second-order valence-corrected chi connectivity index (χ2v) is 9.91. The lowest BCUT2D eigenvalue weighted by Gasteiger charge is -2.36. The van der Waals surface area contributed by atoms with Crippen LogP contribution >= 0.6 is 0 Å². The monoisotopic (exact) mass is 566 g/mol. The minimum atomic E-state index is -5.82. The van der Waals surface area contributed by atoms with Crippen molar-refractivity contribution in [1.29, 1.82) is 0 Å². The van der Waals surface area contributed by atoms with E-state index in [0.717, 1.165) is 24.3 Å². The number of hydrogen-bond donors (Lipinski definition) is 1. The summed E-state index contributed by atoms with van der Waals surface area (Å²) in [7, 11) is -5.64. The number of benzene rings is 2. The molecule has 0 amide bonds. The molecule has 2 N–H and O–H groups in total. The number of hydroxylamine groups is 1. The third-order valence-electron chi connectivity index (χ3n) is 5.19. The summed E-state index contributed by atoms with van der Waals surface area (Å²) in [5.41, 5.74) is 1.34. The molecule has 0 spiro atoms. The Balaban J connectivity index is 2.17. The van der Waals surface area contributed by atoms with E-state index in [1.54, 1.807) is 0 Å². The van der Waals surface area contributed by atoms with E-state index in [-0.39, 0.29) is 36.5 Å². The van der Waals surface area contributed by atoms with Crippen molar-refractivity contribution in [2.24, 2.45) is 0 Å². The van der Waals surface area contributed by atoms with Crippen LogP contribution in [0.15, 0.2) is 59.8 Å². The Kier molecular flexibility index (Phi) is 7.44. The van der Waals surface area contributed by atoms with Crippen molar-refractivity contribution in [2.45, 2.75) is 36.6 Å². The number of rotatable bonds is 6. The van der Waals surface area contributed by atoms with Gasteiger partial charge in [-0.2, -0.15) is 26.3 Å². The van der Waals surface area contributed by atoms with Crippen molar-refractivity contribution in [3.8, 4) is 22.3 Å². The molecule has 0 saturated heterocycles. The molecule has 1 heterocycles. The van der Waals surface area contributed by atoms with Crippen molar-refractivity contribution < 1.29 is 48.8 Å². The van der Waals surface area contributed by atoms with Crippen LogP contribution in [0.4, 0.5) is 36.7 Å². The Labute approximate surface area is 210 Å². The normalized spacial score (nSPS) is 13.0. The third kappa shape index (κ3) is 5.55. The summed E-state index contributed by atoms with van der Waals surface area (Å²) < 4.78 is 120. The molecular weight excluding hydrogens is 549 g/mol. The zero-order valence-electron chi connectivity index (χ0n) is 19.3. The highest BCUT2D eigenvalue weighted by atomic mass is 32.2. The van der Waals surface area contributed by atoms with Crippen molar-refractivity contribution in [1.82, 2.24) is 14.4 Å². The van der Waals surface area contributed by atoms with Gasteiger partial charge in [0.15, 0.2) is 5.54 Å². The van der Waals surface area contributed by atoms with E-state index in [9.17, 15) is 43.9 Å². The number of carbonyl (C=O) groups excluding carboxylic acids is 1. The smallest absolute Gasteiger partial charge is 0.368 e. The molecule has 3 rings (SSSR count). The molecule has 0 aliphatic rings. The van der Waals surface area contributed by atoms with Crippen LogP contribution < -0.4 is 5.73 Å². The number of halogens is 7. The fourth-order valence-corrected chi connectivity index (χ4v) is 4.87. The summed E-state index contributed by atoms with van der Waals surface area (Å²) >= 11 is 0. The average Bonchev–Trinajstić information content (AvgIpc) is 2.81. The molecule has 0 atom stereocenters. The van der Waals surface area contributed by atoms with Gasteiger partial charge in [0.05, 0.1) is 4.90 Å². The van der Waals surface area contributed by atoms with Crippen molar-refractivity contribution in [3.63, 3.8) is 0 Å². The second kappa shape index (κ2) is 9.83. The van der Waals surface area contributed by atoms with Crippen LogP contribution in [0.5, 0.6) is 0 Å². The Hall–Kier alpha value is -3.79. The molecule has 3 aromatic rings. The molecule has 2 aromatic carbocycles. The summed E-state index contributed by atoms with van der Waals surface area (Å²) in [4.78, 5) is 21.7. The van der Waals surface area contributed by atoms with Gasteiger partial charge in [-0.05, 0) is 36.0 Å². The van der Waals surface area contributed by atoms with Gasteiger partial charge in [0.1, 0.15) is 5.82 Å². The number of sulfonamides is 1. The lowest BCUT2D eigenvalue weighted by atomic mass is 10.0. The number of nitrogens with zero attached hydrogens (tertiary/aromatic N) is 3. The molecule has 0 radical (unpaired) electrons. The SMILES string of the molecule is CC(C)(N(OC(=O)C(F)(F)F)S(=O)(=O)c1ccccc1-c1ccc(-c2cnc(N)nc2)c(F)c1)C(F)(F)F. The minimum absolute atomic E-state index is 0.0342. The van der Waals surface area contributed by atoms with Gasteiger partial charge in [-0.1, -0.05) is 30.3 Å². The molecule has 0 aliphatic heterocycles. The van der Waals surface area contributed by atoms with Gasteiger partial charge in [0.25, 0.3) is 10.0 Å². The summed E-state index contributed by atoms with van der Waals surface area (Å²) in [6.45, 7) is 0.417. The number of aromatic nitrogens is 2. The zero-order valence-corrected chi connectivity index (χ0v) is 20.1. The molecule has 204 valence electrons. The largest absolute Gasteiger partial charge is 0.492 e. The first-order chi connectivity index (χ1) is 17.4. The lowest BCUT2D eigenvalue weighted by Crippen LogP contribution is -2.58. The van der Waals surface area contributed by atoms with E-state index in [0.29, 0.717) is 0 Å². The van der Waals surface area contributed by atoms with E-state index in [1.165, 1.54) is 30.6 Å². The van der Waals surface area contributed by atoms with Crippen LogP contribution in [0.1, 0.15) is 13.8 Å². The molecule has 16 heteroatoms. The standard InChI is InChI=1S/C22H17F7N4O4S/c1-20(2,22(27,28)29)33(37-18(34)21(24,25)26)38(35,36)17-6-4-3-5-15(17)12-7-8-14(16(23)9-12)13-10-31-19(30)32-11-13/h3-11H,1-2H3,(H2,30,31,32). The Morgan fingerprint density at radius 2 is 1.50 bits per heavy atom. The van der Waals surface area contributed by atoms with E-state index >= 15 is 0 Å². The summed E-state index contributed by atoms with van der Waals surface area (Å²) in [5.74, 6) is -4.20. The van der Waals surface area contributed by atoms with Crippen molar-refractivity contribution in [2.75, 3.05) is 5.73 Å². The zero-order chi connectivity index (χ0) is 28.7. The van der Waals surface area contributed by atoms with Crippen LogP contribution in [-0.2, 0) is 19.7 Å². The number of nitrogens with two attached hydrogens (primary N) is 1. The molecule has 0 aliphatic carbocycles. The van der Waals surface area contributed by atoms with Gasteiger partial charge >= 0.3 is 18.3 Å². The second-order valence-electron chi connectivity index (χ2n) is 8.19. The summed E-state index contributed by atoms with van der Waals surface area (Å²) in [6, 6.07) is 7.43. The minimum Gasteiger partial charge on any atom is -0.368 e. The lowest BCUT2D eigenvalue weighted by molar-refractivity contribution is -0.280. The first kappa shape index (κ1) is 28.8. The first-order valence-corrected chi connectivity index (χ1v) is 11.7. The topological polar surface area (TPSA) is 115 Å². The van der Waals surface area contributed by atoms with E-state index in [1.807, 2.05) is 0 Å². The molecule has 0 fully saturated rings. The quantitative estimate of drug-likeness (QED) is 0.334. The molecular formula is C22H17F7N4O4S. The Bertz CT molecular complexity index is 1460. The summed E-state index contributed by atoms with van der Waals surface area (Å²) in [5, 5.41) is 0. The Morgan fingerprint density at radius 3 is 2.03 bits per heavy atom. The van der Waals surface area contributed by atoms with Gasteiger partial charge in [0.2, 0.25) is 5.95 Å². The van der Waals surface area contributed by atoms with E-state index in [2.05, 4.69) is 14.8 Å². The number of hydrogen-bond acceptors (Lipinski definition) is 7. The van der Waals surface area contributed by atoms with Gasteiger partial charge < -0.3 is 10.6 Å². The van der Waals surface area contributed by atoms with Crippen molar-refractivity contribution >= 4 is 21.9 Å². The highest BCUT2D eigenvalue weighted by Crippen LogP contribution is 2.41. The maximum atomic E-state index is 15.0. The van der Waals surface area contributed by atoms with Gasteiger partial charge in [-0.25, -0.2) is 27.6 Å². The number of nitrogen functional groups attached to an aromatic ring is 1. The molecule has 38 heavy (non-hydrogen) atoms. The molecule has 1 aromatic heterocycles. The molecule has 8 nitrogen and oxygen atoms in total. The predicted octanol–water partition coefficient (Wildman–Crippen LogP) is 4.88. The number of anilines is 1. The van der Waals surface area contributed by atoms with Crippen LogP contribution in [0.2, 0.25) is 0 Å². The van der Waals surface area contributed by atoms with Gasteiger partial charge in [0, 0.05) is 29.1 Å². The molecule has 0 bridgehead atoms. The number of alkyl halides is 6. The maximum absolute atomic E-state index is 15.0. The third-order valence-corrected chi connectivity index (χ3v) is 7.07. The van der Waals surface area contributed by atoms with Gasteiger partial charge in [-0.3, -0.25) is 0 Å². The first-order valence-electron chi connectivity index (χ1n) is 10.3. The predicted molar refractivity (Wildman–Crippen MR) is 119 cm³/mol. The van der Waals surface area contributed by atoms with Crippen molar-refractivity contribution in [3.05, 3.63) is 60.7 Å². The van der Waals surface area contributed by atoms with E-state index < -0.39 is 54.6 Å². The maximum Gasteiger partial charge on any atom is 0.492 e. The average molecular weight is 566 g/mol. The highest BCUT2D eigenvalue weighted by molar-refractivity contribution is 7.89. The van der Waals surface area contributed by atoms with E-state index in [4.69, 9.17) is 5.73 Å². The van der Waals surface area contributed by atoms with Gasteiger partial charge in [-0.15, -0.1) is 0 Å². The van der Waals surface area contributed by atoms with Crippen LogP contribution in [0, 0.1) is 5.82 Å². The molecule has 0 unspecified atom stereocenters. The van der Waals surface area contributed by atoms with Crippen LogP contribution in [0.3, 0.4) is 0 Å². The summed E-state index contributed by atoms with van der Waals surface area (Å²) in [6.07, 6.45) is -8.88. The highest BCUT2D eigenvalue weighted by Gasteiger charge is 2.60. The van der Waals surface area contributed by atoms with Crippen LogP contribution in [0.25, 0.3) is 22.3 Å². The van der Waals surface area contributed by atoms with Crippen LogP contribution in [-0.4, -0.2) is 46.7 Å². The fourth-order valence-electron chi connectivity index (χ4n) is 3.11. The molecule has 0 saturated carbocycles. The fraction of sp³-hybridized carbons (Fsp3) is 0.227. The number of carbonyl (C=O) groups is 1.